The van der Waals surface area contributed by atoms with Crippen LogP contribution in [0.5, 0.6) is 11.5 Å². The lowest BCUT2D eigenvalue weighted by Gasteiger charge is -2.38. The first-order valence-electron chi connectivity index (χ1n) is 10.8. The molecule has 2 aliphatic rings. The number of nitrogens with zero attached hydrogens (tertiary/aromatic N) is 5. The van der Waals surface area contributed by atoms with Crippen LogP contribution in [0.4, 0.5) is 5.82 Å². The number of para-hydroxylation sites is 2. The van der Waals surface area contributed by atoms with E-state index in [4.69, 9.17) is 13.9 Å². The van der Waals surface area contributed by atoms with E-state index in [-0.39, 0.29) is 18.4 Å². The molecule has 1 amide bonds. The monoisotopic (exact) mass is 435 g/mol. The van der Waals surface area contributed by atoms with Gasteiger partial charge in [0.15, 0.2) is 11.5 Å². The Hall–Kier alpha value is -3.62. The molecule has 1 aromatic carbocycles. The quantitative estimate of drug-likeness (QED) is 0.618. The molecule has 2 aliphatic heterocycles. The van der Waals surface area contributed by atoms with Crippen LogP contribution in [0.2, 0.25) is 0 Å². The van der Waals surface area contributed by atoms with Gasteiger partial charge in [0.25, 0.3) is 11.8 Å². The van der Waals surface area contributed by atoms with Crippen molar-refractivity contribution in [1.29, 1.82) is 0 Å². The number of anilines is 1. The standard InChI is InChI=1S/C23H25N5O4/c1-15(2)21-25-26-22(32-21)16-6-5-9-24-20(16)27-10-12-28(13-11-27)23(29)19-14-30-17-7-3-4-8-18(17)31-19/h3-9,15,19H,10-14H2,1-2H3/t19-/m1/s1. The van der Waals surface area contributed by atoms with Crippen LogP contribution < -0.4 is 14.4 Å². The molecule has 4 heterocycles. The van der Waals surface area contributed by atoms with Crippen molar-refractivity contribution in [2.24, 2.45) is 0 Å². The van der Waals surface area contributed by atoms with Crippen molar-refractivity contribution in [1.82, 2.24) is 20.1 Å². The number of benzene rings is 1. The molecule has 0 aliphatic carbocycles. The summed E-state index contributed by atoms with van der Waals surface area (Å²) in [5.41, 5.74) is 0.798. The Morgan fingerprint density at radius 1 is 1.03 bits per heavy atom. The molecule has 5 rings (SSSR count). The normalized spacial score (nSPS) is 18.2. The second kappa shape index (κ2) is 8.49. The molecule has 0 radical (unpaired) electrons. The van der Waals surface area contributed by atoms with Gasteiger partial charge in [0.05, 0.1) is 5.56 Å². The average molecular weight is 435 g/mol. The van der Waals surface area contributed by atoms with Crippen LogP contribution in [0.15, 0.2) is 47.0 Å². The Morgan fingerprint density at radius 3 is 2.56 bits per heavy atom. The summed E-state index contributed by atoms with van der Waals surface area (Å²) in [6.45, 7) is 6.66. The smallest absolute Gasteiger partial charge is 0.267 e. The van der Waals surface area contributed by atoms with E-state index in [1.165, 1.54) is 0 Å². The third kappa shape index (κ3) is 3.86. The summed E-state index contributed by atoms with van der Waals surface area (Å²) in [5, 5.41) is 8.35. The number of piperazine rings is 1. The molecule has 0 spiro atoms. The summed E-state index contributed by atoms with van der Waals surface area (Å²) in [6, 6.07) is 11.2. The minimum atomic E-state index is -0.630. The Balaban J connectivity index is 1.26. The Labute approximate surface area is 186 Å². The zero-order valence-electron chi connectivity index (χ0n) is 18.1. The Kier molecular flexibility index (Phi) is 5.38. The minimum Gasteiger partial charge on any atom is -0.485 e. The number of pyridine rings is 1. The van der Waals surface area contributed by atoms with Gasteiger partial charge in [-0.2, -0.15) is 0 Å². The summed E-state index contributed by atoms with van der Waals surface area (Å²) < 4.78 is 17.4. The van der Waals surface area contributed by atoms with E-state index in [1.54, 1.807) is 6.20 Å². The van der Waals surface area contributed by atoms with Gasteiger partial charge in [-0.15, -0.1) is 10.2 Å². The van der Waals surface area contributed by atoms with Crippen molar-refractivity contribution in [2.45, 2.75) is 25.9 Å². The van der Waals surface area contributed by atoms with Gasteiger partial charge in [0.1, 0.15) is 12.4 Å². The number of fused-ring (bicyclic) bond motifs is 1. The molecule has 1 fully saturated rings. The van der Waals surface area contributed by atoms with Gasteiger partial charge < -0.3 is 23.7 Å². The summed E-state index contributed by atoms with van der Waals surface area (Å²) in [5.74, 6) is 3.22. The lowest BCUT2D eigenvalue weighted by atomic mass is 10.2. The van der Waals surface area contributed by atoms with Crippen molar-refractivity contribution in [3.63, 3.8) is 0 Å². The van der Waals surface area contributed by atoms with E-state index >= 15 is 0 Å². The molecule has 0 saturated carbocycles. The van der Waals surface area contributed by atoms with Crippen molar-refractivity contribution in [3.8, 4) is 23.0 Å². The predicted octanol–water partition coefficient (Wildman–Crippen LogP) is 2.74. The van der Waals surface area contributed by atoms with E-state index in [0.29, 0.717) is 49.5 Å². The number of aromatic nitrogens is 3. The van der Waals surface area contributed by atoms with Gasteiger partial charge >= 0.3 is 0 Å². The number of hydrogen-bond donors (Lipinski definition) is 0. The zero-order valence-corrected chi connectivity index (χ0v) is 18.1. The van der Waals surface area contributed by atoms with Crippen LogP contribution >= 0.6 is 0 Å². The SMILES string of the molecule is CC(C)c1nnc(-c2cccnc2N2CCN(C(=O)[C@H]3COc4ccccc4O3)CC2)o1. The van der Waals surface area contributed by atoms with Crippen LogP contribution in [0, 0.1) is 0 Å². The molecule has 32 heavy (non-hydrogen) atoms. The van der Waals surface area contributed by atoms with Crippen LogP contribution in [-0.2, 0) is 4.79 Å². The molecular formula is C23H25N5O4. The van der Waals surface area contributed by atoms with Gasteiger partial charge in [-0.3, -0.25) is 4.79 Å². The highest BCUT2D eigenvalue weighted by Crippen LogP contribution is 2.32. The molecule has 2 aromatic heterocycles. The minimum absolute atomic E-state index is 0.0566. The molecule has 0 bridgehead atoms. The highest BCUT2D eigenvalue weighted by molar-refractivity contribution is 5.82. The van der Waals surface area contributed by atoms with E-state index in [0.717, 1.165) is 11.4 Å². The van der Waals surface area contributed by atoms with Gasteiger partial charge in [0, 0.05) is 38.3 Å². The fraction of sp³-hybridized carbons (Fsp3) is 0.391. The maximum absolute atomic E-state index is 13.0. The van der Waals surface area contributed by atoms with E-state index in [9.17, 15) is 4.79 Å². The van der Waals surface area contributed by atoms with E-state index < -0.39 is 6.10 Å². The first-order chi connectivity index (χ1) is 15.6. The second-order valence-electron chi connectivity index (χ2n) is 8.15. The van der Waals surface area contributed by atoms with E-state index in [2.05, 4.69) is 20.1 Å². The molecule has 0 N–H and O–H groups in total. The first-order valence-corrected chi connectivity index (χ1v) is 10.8. The number of carbonyl (C=O) groups excluding carboxylic acids is 1. The lowest BCUT2D eigenvalue weighted by Crippen LogP contribution is -2.54. The van der Waals surface area contributed by atoms with Gasteiger partial charge in [-0.05, 0) is 24.3 Å². The van der Waals surface area contributed by atoms with E-state index in [1.807, 2.05) is 55.1 Å². The third-order valence-electron chi connectivity index (χ3n) is 5.63. The fourth-order valence-corrected chi connectivity index (χ4v) is 3.88. The van der Waals surface area contributed by atoms with Crippen LogP contribution in [-0.4, -0.2) is 64.9 Å². The summed E-state index contributed by atoms with van der Waals surface area (Å²) in [4.78, 5) is 21.6. The number of ether oxygens (including phenoxy) is 2. The second-order valence-corrected chi connectivity index (χ2v) is 8.15. The van der Waals surface area contributed by atoms with Crippen molar-refractivity contribution >= 4 is 11.7 Å². The highest BCUT2D eigenvalue weighted by Gasteiger charge is 2.33. The van der Waals surface area contributed by atoms with Crippen molar-refractivity contribution in [2.75, 3.05) is 37.7 Å². The first kappa shape index (κ1) is 20.3. The average Bonchev–Trinajstić information content (AvgIpc) is 3.34. The number of hydrogen-bond acceptors (Lipinski definition) is 8. The number of carbonyl (C=O) groups is 1. The summed E-state index contributed by atoms with van der Waals surface area (Å²) in [7, 11) is 0. The van der Waals surface area contributed by atoms with Crippen LogP contribution in [0.3, 0.4) is 0 Å². The van der Waals surface area contributed by atoms with Crippen LogP contribution in [0.25, 0.3) is 11.5 Å². The van der Waals surface area contributed by atoms with Crippen molar-refractivity contribution in [3.05, 3.63) is 48.5 Å². The molecule has 1 saturated heterocycles. The zero-order chi connectivity index (χ0) is 22.1. The largest absolute Gasteiger partial charge is 0.485 e. The Morgan fingerprint density at radius 2 is 1.81 bits per heavy atom. The predicted molar refractivity (Wildman–Crippen MR) is 117 cm³/mol. The molecule has 0 unspecified atom stereocenters. The molecule has 166 valence electrons. The number of rotatable bonds is 4. The molecule has 3 aromatic rings. The van der Waals surface area contributed by atoms with Gasteiger partial charge in [0.2, 0.25) is 12.0 Å². The maximum atomic E-state index is 13.0. The maximum Gasteiger partial charge on any atom is 0.267 e. The fourth-order valence-electron chi connectivity index (χ4n) is 3.88. The van der Waals surface area contributed by atoms with Gasteiger partial charge in [-0.25, -0.2) is 4.98 Å². The van der Waals surface area contributed by atoms with Gasteiger partial charge in [-0.1, -0.05) is 26.0 Å². The summed E-state index contributed by atoms with van der Waals surface area (Å²) >= 11 is 0. The Bertz CT molecular complexity index is 1110. The topological polar surface area (TPSA) is 93.8 Å². The molecule has 9 nitrogen and oxygen atoms in total. The molecular weight excluding hydrogens is 410 g/mol. The number of amides is 1. The lowest BCUT2D eigenvalue weighted by molar-refractivity contribution is -0.141. The molecule has 9 heteroatoms. The van der Waals surface area contributed by atoms with Crippen LogP contribution in [0.1, 0.15) is 25.7 Å². The summed E-state index contributed by atoms with van der Waals surface area (Å²) in [6.07, 6.45) is 1.12. The highest BCUT2D eigenvalue weighted by atomic mass is 16.6. The molecule has 1 atom stereocenters. The third-order valence-corrected chi connectivity index (χ3v) is 5.63. The van der Waals surface area contributed by atoms with Crippen molar-refractivity contribution < 1.29 is 18.7 Å².